The Hall–Kier alpha value is -3.15. The molecule has 0 saturated carbocycles. The monoisotopic (exact) mass is 294 g/mol. The van der Waals surface area contributed by atoms with E-state index in [1.54, 1.807) is 12.3 Å². The van der Waals surface area contributed by atoms with Crippen molar-refractivity contribution in [2.75, 3.05) is 5.32 Å². The lowest BCUT2D eigenvalue weighted by atomic mass is 10.2. The van der Waals surface area contributed by atoms with Gasteiger partial charge < -0.3 is 10.5 Å². The summed E-state index contributed by atoms with van der Waals surface area (Å²) in [6.45, 7) is 1.89. The van der Waals surface area contributed by atoms with Crippen molar-refractivity contribution < 1.29 is 5.21 Å². The fourth-order valence-electron chi connectivity index (χ4n) is 2.19. The Morgan fingerprint density at radius 3 is 2.73 bits per heavy atom. The second-order valence-electron chi connectivity index (χ2n) is 4.85. The zero-order valence-electron chi connectivity index (χ0n) is 11.9. The highest BCUT2D eigenvalue weighted by molar-refractivity contribution is 5.87. The van der Waals surface area contributed by atoms with Gasteiger partial charge in [-0.15, -0.1) is 0 Å². The summed E-state index contributed by atoms with van der Waals surface area (Å²) in [6, 6.07) is 13.0. The van der Waals surface area contributed by atoms with E-state index in [0.29, 0.717) is 11.5 Å². The van der Waals surface area contributed by atoms with Crippen molar-refractivity contribution >= 4 is 23.4 Å². The number of nitrogens with zero attached hydrogens (tertiary/aromatic N) is 3. The zero-order chi connectivity index (χ0) is 15.5. The van der Waals surface area contributed by atoms with Gasteiger partial charge in [-0.05, 0) is 30.7 Å². The van der Waals surface area contributed by atoms with Gasteiger partial charge in [-0.25, -0.2) is 4.98 Å². The number of aromatic nitrogens is 2. The molecule has 0 radical (unpaired) electrons. The first-order chi connectivity index (χ1) is 10.7. The summed E-state index contributed by atoms with van der Waals surface area (Å²) in [6.07, 6.45) is 2.79. The number of benzene rings is 1. The molecule has 1 aromatic carbocycles. The van der Waals surface area contributed by atoms with Crippen molar-refractivity contribution in [2.45, 2.75) is 6.92 Å². The smallest absolute Gasteiger partial charge is 0.269 e. The van der Waals surface area contributed by atoms with Crippen LogP contribution in [0.3, 0.4) is 0 Å². The Labute approximate surface area is 126 Å². The summed E-state index contributed by atoms with van der Waals surface area (Å²) < 4.78 is 1.43. The molecule has 2 aromatic heterocycles. The minimum atomic E-state index is -0.301. The lowest BCUT2D eigenvalue weighted by Gasteiger charge is -2.10. The predicted molar refractivity (Wildman–Crippen MR) is 85.3 cm³/mol. The second-order valence-corrected chi connectivity index (χ2v) is 4.85. The summed E-state index contributed by atoms with van der Waals surface area (Å²) in [5.41, 5.74) is 2.13. The molecule has 0 amide bonds. The van der Waals surface area contributed by atoms with E-state index in [9.17, 15) is 4.79 Å². The maximum absolute atomic E-state index is 12.6. The van der Waals surface area contributed by atoms with Crippen LogP contribution in [0.1, 0.15) is 11.1 Å². The normalized spacial score (nSPS) is 11.1. The maximum Gasteiger partial charge on any atom is 0.269 e. The van der Waals surface area contributed by atoms with E-state index < -0.39 is 0 Å². The molecule has 22 heavy (non-hydrogen) atoms. The first-order valence-electron chi connectivity index (χ1n) is 6.71. The molecule has 6 heteroatoms. The number of oxime groups is 1. The number of aryl methyl sites for hydroxylation is 1. The molecule has 0 fully saturated rings. The van der Waals surface area contributed by atoms with E-state index in [2.05, 4.69) is 15.5 Å². The molecular weight excluding hydrogens is 280 g/mol. The minimum Gasteiger partial charge on any atom is -0.411 e. The second kappa shape index (κ2) is 5.69. The average Bonchev–Trinajstić information content (AvgIpc) is 2.53. The van der Waals surface area contributed by atoms with Crippen LogP contribution in [0.2, 0.25) is 0 Å². The number of hydrogen-bond donors (Lipinski definition) is 2. The molecule has 0 saturated heterocycles. The van der Waals surface area contributed by atoms with E-state index in [-0.39, 0.29) is 11.1 Å². The summed E-state index contributed by atoms with van der Waals surface area (Å²) in [5.74, 6) is 0.345. The van der Waals surface area contributed by atoms with Gasteiger partial charge in [0, 0.05) is 11.9 Å². The van der Waals surface area contributed by atoms with Crippen LogP contribution in [0.4, 0.5) is 11.5 Å². The molecule has 0 bridgehead atoms. The number of fused-ring (bicyclic) bond motifs is 1. The number of rotatable bonds is 3. The van der Waals surface area contributed by atoms with Crippen LogP contribution in [-0.4, -0.2) is 20.8 Å². The molecule has 0 atom stereocenters. The molecule has 6 nitrogen and oxygen atoms in total. The third-order valence-electron chi connectivity index (χ3n) is 3.23. The van der Waals surface area contributed by atoms with Gasteiger partial charge in [0.25, 0.3) is 5.56 Å². The van der Waals surface area contributed by atoms with Gasteiger partial charge in [-0.3, -0.25) is 9.20 Å². The van der Waals surface area contributed by atoms with Gasteiger partial charge >= 0.3 is 0 Å². The molecule has 2 N–H and O–H groups in total. The van der Waals surface area contributed by atoms with Crippen LogP contribution in [0, 0.1) is 6.92 Å². The highest BCUT2D eigenvalue weighted by Crippen LogP contribution is 2.16. The molecular formula is C16H14N4O2. The summed E-state index contributed by atoms with van der Waals surface area (Å²) >= 11 is 0. The highest BCUT2D eigenvalue weighted by atomic mass is 16.4. The van der Waals surface area contributed by atoms with Crippen molar-refractivity contribution in [3.63, 3.8) is 0 Å². The number of pyridine rings is 1. The fraction of sp³-hybridized carbons (Fsp3) is 0.0625. The topological polar surface area (TPSA) is 79.0 Å². The van der Waals surface area contributed by atoms with Crippen molar-refractivity contribution in [2.24, 2.45) is 5.16 Å². The van der Waals surface area contributed by atoms with Crippen molar-refractivity contribution in [3.8, 4) is 0 Å². The van der Waals surface area contributed by atoms with Gasteiger partial charge in [-0.2, -0.15) is 0 Å². The van der Waals surface area contributed by atoms with Gasteiger partial charge in [0.05, 0.1) is 6.21 Å². The Morgan fingerprint density at radius 1 is 1.23 bits per heavy atom. The van der Waals surface area contributed by atoms with Crippen LogP contribution in [-0.2, 0) is 0 Å². The van der Waals surface area contributed by atoms with Crippen LogP contribution >= 0.6 is 0 Å². The Kier molecular flexibility index (Phi) is 3.57. The van der Waals surface area contributed by atoms with Crippen LogP contribution in [0.5, 0.6) is 0 Å². The molecule has 2 heterocycles. The molecule has 0 aliphatic carbocycles. The van der Waals surface area contributed by atoms with Gasteiger partial charge in [0.2, 0.25) is 0 Å². The molecule has 0 aliphatic rings. The third-order valence-corrected chi connectivity index (χ3v) is 3.23. The van der Waals surface area contributed by atoms with Crippen LogP contribution in [0.15, 0.2) is 58.6 Å². The number of hydrogen-bond acceptors (Lipinski definition) is 5. The van der Waals surface area contributed by atoms with E-state index in [0.717, 1.165) is 17.5 Å². The Balaban J connectivity index is 2.22. The van der Waals surface area contributed by atoms with Crippen molar-refractivity contribution in [1.29, 1.82) is 0 Å². The third kappa shape index (κ3) is 2.54. The number of anilines is 2. The van der Waals surface area contributed by atoms with Crippen molar-refractivity contribution in [3.05, 3.63) is 70.1 Å². The van der Waals surface area contributed by atoms with Crippen LogP contribution in [0.25, 0.3) is 5.65 Å². The molecule has 0 aliphatic heterocycles. The van der Waals surface area contributed by atoms with E-state index >= 15 is 0 Å². The quantitative estimate of drug-likeness (QED) is 0.442. The first-order valence-corrected chi connectivity index (χ1v) is 6.71. The number of nitrogens with one attached hydrogen (secondary N) is 1. The summed E-state index contributed by atoms with van der Waals surface area (Å²) in [5, 5.41) is 14.9. The average molecular weight is 294 g/mol. The van der Waals surface area contributed by atoms with Crippen molar-refractivity contribution in [1.82, 2.24) is 9.38 Å². The van der Waals surface area contributed by atoms with E-state index in [1.807, 2.05) is 43.3 Å². The molecule has 3 rings (SSSR count). The van der Waals surface area contributed by atoms with E-state index in [4.69, 9.17) is 5.21 Å². The lowest BCUT2D eigenvalue weighted by Crippen LogP contribution is -2.21. The predicted octanol–water partition coefficient (Wildman–Crippen LogP) is 2.55. The summed E-state index contributed by atoms with van der Waals surface area (Å²) in [4.78, 5) is 17.0. The highest BCUT2D eigenvalue weighted by Gasteiger charge is 2.11. The molecule has 3 aromatic rings. The van der Waals surface area contributed by atoms with Gasteiger partial charge in [-0.1, -0.05) is 29.4 Å². The zero-order valence-corrected chi connectivity index (χ0v) is 11.9. The Bertz CT molecular complexity index is 901. The minimum absolute atomic E-state index is 0.189. The fourth-order valence-corrected chi connectivity index (χ4v) is 2.19. The molecule has 0 spiro atoms. The summed E-state index contributed by atoms with van der Waals surface area (Å²) in [7, 11) is 0. The maximum atomic E-state index is 12.6. The SMILES string of the molecule is Cc1ccc2nc(Nc3ccccc3)c(C=NO)c(=O)n2c1. The first kappa shape index (κ1) is 13.8. The standard InChI is InChI=1S/C16H14N4O2/c1-11-7-8-14-19-15(18-12-5-3-2-4-6-12)13(9-17-22)16(21)20(14)10-11/h2-10,18,22H,1H3. The lowest BCUT2D eigenvalue weighted by molar-refractivity contribution is 0.322. The molecule has 0 unspecified atom stereocenters. The van der Waals surface area contributed by atoms with Gasteiger partial charge in [0.1, 0.15) is 17.0 Å². The van der Waals surface area contributed by atoms with Crippen LogP contribution < -0.4 is 10.9 Å². The Morgan fingerprint density at radius 2 is 2.00 bits per heavy atom. The molecule has 110 valence electrons. The van der Waals surface area contributed by atoms with E-state index in [1.165, 1.54) is 4.40 Å². The largest absolute Gasteiger partial charge is 0.411 e. The number of para-hydroxylation sites is 1. The van der Waals surface area contributed by atoms with Gasteiger partial charge in [0.15, 0.2) is 0 Å².